The number of alkyl halides is 2. The Bertz CT molecular complexity index is 517. The minimum Gasteiger partial charge on any atom is -0.481 e. The van der Waals surface area contributed by atoms with E-state index in [-0.39, 0.29) is 31.0 Å². The number of carbonyl (C=O) groups is 2. The van der Waals surface area contributed by atoms with Gasteiger partial charge in [-0.3, -0.25) is 9.48 Å². The molecule has 1 rings (SSSR count). The van der Waals surface area contributed by atoms with Crippen molar-refractivity contribution in [1.82, 2.24) is 15.1 Å². The quantitative estimate of drug-likeness (QED) is 0.641. The van der Waals surface area contributed by atoms with Gasteiger partial charge < -0.3 is 15.7 Å². The molecule has 124 valence electrons. The molecule has 0 bridgehead atoms. The van der Waals surface area contributed by atoms with Crippen LogP contribution in [0.3, 0.4) is 0 Å². The van der Waals surface area contributed by atoms with Gasteiger partial charge in [0.25, 0.3) is 6.43 Å². The van der Waals surface area contributed by atoms with Crippen molar-refractivity contribution in [3.05, 3.63) is 11.9 Å². The van der Waals surface area contributed by atoms with Crippen molar-refractivity contribution in [3.8, 4) is 0 Å². The first-order valence-corrected chi connectivity index (χ1v) is 6.91. The summed E-state index contributed by atoms with van der Waals surface area (Å²) in [4.78, 5) is 21.9. The number of carboxylic acid groups (broad SMARTS) is 1. The number of nitrogens with zero attached hydrogens (tertiary/aromatic N) is 2. The summed E-state index contributed by atoms with van der Waals surface area (Å²) in [7, 11) is 0. The van der Waals surface area contributed by atoms with Gasteiger partial charge in [-0.25, -0.2) is 13.6 Å². The number of rotatable bonds is 8. The molecule has 0 aliphatic heterocycles. The van der Waals surface area contributed by atoms with Crippen LogP contribution >= 0.6 is 0 Å². The van der Waals surface area contributed by atoms with Crippen molar-refractivity contribution >= 4 is 17.7 Å². The summed E-state index contributed by atoms with van der Waals surface area (Å²) in [6.45, 7) is 4.45. The maximum absolute atomic E-state index is 12.9. The largest absolute Gasteiger partial charge is 0.481 e. The maximum atomic E-state index is 12.9. The van der Waals surface area contributed by atoms with E-state index in [1.807, 2.05) is 13.8 Å². The predicted octanol–water partition coefficient (Wildman–Crippen LogP) is 2.46. The number of hydrogen-bond acceptors (Lipinski definition) is 3. The molecule has 0 unspecified atom stereocenters. The van der Waals surface area contributed by atoms with Crippen LogP contribution in [0.1, 0.15) is 38.8 Å². The number of hydrogen-bond donors (Lipinski definition) is 3. The minimum atomic E-state index is -2.80. The molecule has 2 amide bonds. The molecular weight excluding hydrogens is 298 g/mol. The molecule has 0 aliphatic carbocycles. The van der Waals surface area contributed by atoms with E-state index >= 15 is 0 Å². The van der Waals surface area contributed by atoms with E-state index in [4.69, 9.17) is 5.11 Å². The van der Waals surface area contributed by atoms with Gasteiger partial charge in [0.1, 0.15) is 0 Å². The number of amides is 2. The molecule has 22 heavy (non-hydrogen) atoms. The average Bonchev–Trinajstić information content (AvgIpc) is 2.76. The van der Waals surface area contributed by atoms with Crippen LogP contribution in [0.15, 0.2) is 6.20 Å². The van der Waals surface area contributed by atoms with Gasteiger partial charge in [0, 0.05) is 25.7 Å². The highest BCUT2D eigenvalue weighted by Crippen LogP contribution is 2.25. The highest BCUT2D eigenvalue weighted by Gasteiger charge is 2.20. The fraction of sp³-hybridized carbons (Fsp3) is 0.615. The first-order chi connectivity index (χ1) is 10.3. The maximum Gasteiger partial charge on any atom is 0.319 e. The summed E-state index contributed by atoms with van der Waals surface area (Å²) in [6, 6.07) is -0.670. The number of nitrogens with one attached hydrogen (secondary N) is 2. The zero-order valence-corrected chi connectivity index (χ0v) is 12.5. The molecule has 0 saturated heterocycles. The van der Waals surface area contributed by atoms with Crippen LogP contribution < -0.4 is 10.6 Å². The topological polar surface area (TPSA) is 96.2 Å². The Morgan fingerprint density at radius 2 is 2.09 bits per heavy atom. The van der Waals surface area contributed by atoms with Gasteiger partial charge in [-0.15, -0.1) is 0 Å². The summed E-state index contributed by atoms with van der Waals surface area (Å²) >= 11 is 0. The molecule has 1 heterocycles. The van der Waals surface area contributed by atoms with Crippen LogP contribution in [0.25, 0.3) is 0 Å². The highest BCUT2D eigenvalue weighted by molar-refractivity contribution is 5.89. The number of anilines is 1. The smallest absolute Gasteiger partial charge is 0.319 e. The molecule has 9 heteroatoms. The van der Waals surface area contributed by atoms with Crippen molar-refractivity contribution in [2.24, 2.45) is 5.92 Å². The molecular formula is C13H20F2N4O3. The Balaban J connectivity index is 2.60. The average molecular weight is 318 g/mol. The second-order valence-electron chi connectivity index (χ2n) is 5.22. The normalized spacial score (nSPS) is 11.0. The predicted molar refractivity (Wildman–Crippen MR) is 75.9 cm³/mol. The fourth-order valence-electron chi connectivity index (χ4n) is 1.77. The Labute approximate surface area is 126 Å². The second kappa shape index (κ2) is 8.30. The molecule has 0 saturated carbocycles. The van der Waals surface area contributed by atoms with Crippen molar-refractivity contribution in [3.63, 3.8) is 0 Å². The Morgan fingerprint density at radius 1 is 1.41 bits per heavy atom. The SMILES string of the molecule is CC(C)Cn1cc(NC(=O)NCCCC(=O)O)c(C(F)F)n1. The highest BCUT2D eigenvalue weighted by atomic mass is 19.3. The number of carbonyl (C=O) groups excluding carboxylic acids is 1. The Hall–Kier alpha value is -2.19. The third-order valence-corrected chi connectivity index (χ3v) is 2.65. The standard InChI is InChI=1S/C13H20F2N4O3/c1-8(2)6-19-7-9(11(18-19)12(14)15)17-13(22)16-5-3-4-10(20)21/h7-8,12H,3-6H2,1-2H3,(H,20,21)(H2,16,17,22). The molecule has 0 spiro atoms. The summed E-state index contributed by atoms with van der Waals surface area (Å²) in [5.41, 5.74) is -0.535. The minimum absolute atomic E-state index is 0.0496. The lowest BCUT2D eigenvalue weighted by Crippen LogP contribution is -2.30. The molecule has 0 fully saturated rings. The van der Waals surface area contributed by atoms with Gasteiger partial charge in [0.05, 0.1) is 5.69 Å². The zero-order valence-electron chi connectivity index (χ0n) is 12.5. The van der Waals surface area contributed by atoms with Crippen LogP contribution in [0.2, 0.25) is 0 Å². The summed E-state index contributed by atoms with van der Waals surface area (Å²) < 4.78 is 27.2. The van der Waals surface area contributed by atoms with Crippen molar-refractivity contribution < 1.29 is 23.5 Å². The van der Waals surface area contributed by atoms with E-state index in [0.717, 1.165) is 0 Å². The first-order valence-electron chi connectivity index (χ1n) is 6.91. The van der Waals surface area contributed by atoms with Crippen LogP contribution in [0, 0.1) is 5.92 Å². The van der Waals surface area contributed by atoms with Crippen molar-refractivity contribution in [2.75, 3.05) is 11.9 Å². The van der Waals surface area contributed by atoms with Crippen LogP contribution in [-0.4, -0.2) is 33.4 Å². The molecule has 0 aromatic carbocycles. The Morgan fingerprint density at radius 3 is 2.64 bits per heavy atom. The lowest BCUT2D eigenvalue weighted by Gasteiger charge is -2.06. The number of aromatic nitrogens is 2. The van der Waals surface area contributed by atoms with Crippen LogP contribution in [0.4, 0.5) is 19.3 Å². The summed E-state index contributed by atoms with van der Waals surface area (Å²) in [5.74, 6) is -0.736. The summed E-state index contributed by atoms with van der Waals surface area (Å²) in [6.07, 6.45) is -1.25. The van der Waals surface area contributed by atoms with Crippen molar-refractivity contribution in [2.45, 2.75) is 39.7 Å². The van der Waals surface area contributed by atoms with E-state index < -0.39 is 24.1 Å². The number of halogens is 2. The summed E-state index contributed by atoms with van der Waals surface area (Å²) in [5, 5.41) is 17.0. The van der Waals surface area contributed by atoms with Crippen molar-refractivity contribution in [1.29, 1.82) is 0 Å². The van der Waals surface area contributed by atoms with E-state index in [1.165, 1.54) is 10.9 Å². The van der Waals surface area contributed by atoms with Gasteiger partial charge in [-0.1, -0.05) is 13.8 Å². The van der Waals surface area contributed by atoms with Crippen LogP contribution in [0.5, 0.6) is 0 Å². The van der Waals surface area contributed by atoms with E-state index in [2.05, 4.69) is 15.7 Å². The second-order valence-corrected chi connectivity index (χ2v) is 5.22. The number of carboxylic acids is 1. The third kappa shape index (κ3) is 6.06. The van der Waals surface area contributed by atoms with Crippen LogP contribution in [-0.2, 0) is 11.3 Å². The van der Waals surface area contributed by atoms with E-state index in [1.54, 1.807) is 0 Å². The van der Waals surface area contributed by atoms with Gasteiger partial charge in [0.2, 0.25) is 0 Å². The van der Waals surface area contributed by atoms with Gasteiger partial charge in [0.15, 0.2) is 5.69 Å². The third-order valence-electron chi connectivity index (χ3n) is 2.65. The molecule has 1 aromatic rings. The molecule has 7 nitrogen and oxygen atoms in total. The lowest BCUT2D eigenvalue weighted by atomic mass is 10.2. The van der Waals surface area contributed by atoms with Gasteiger partial charge in [-0.2, -0.15) is 5.10 Å². The first kappa shape index (κ1) is 17.9. The molecule has 0 radical (unpaired) electrons. The molecule has 0 aliphatic rings. The monoisotopic (exact) mass is 318 g/mol. The molecule has 0 atom stereocenters. The fourth-order valence-corrected chi connectivity index (χ4v) is 1.77. The van der Waals surface area contributed by atoms with E-state index in [9.17, 15) is 18.4 Å². The molecule has 1 aromatic heterocycles. The van der Waals surface area contributed by atoms with Gasteiger partial charge in [-0.05, 0) is 12.3 Å². The Kier molecular flexibility index (Phi) is 6.74. The number of urea groups is 1. The lowest BCUT2D eigenvalue weighted by molar-refractivity contribution is -0.137. The number of aliphatic carboxylic acids is 1. The molecule has 3 N–H and O–H groups in total. The zero-order chi connectivity index (χ0) is 16.7. The van der Waals surface area contributed by atoms with E-state index in [0.29, 0.717) is 6.54 Å². The van der Waals surface area contributed by atoms with Gasteiger partial charge >= 0.3 is 12.0 Å².